The van der Waals surface area contributed by atoms with Crippen molar-refractivity contribution in [1.82, 2.24) is 19.7 Å². The molecule has 168 valence electrons. The average molecular weight is 433 g/mol. The molecule has 1 saturated heterocycles. The Labute approximate surface area is 189 Å². The Balaban J connectivity index is 1.16. The van der Waals surface area contributed by atoms with Gasteiger partial charge in [0.15, 0.2) is 0 Å². The summed E-state index contributed by atoms with van der Waals surface area (Å²) in [5.74, 6) is 1.15. The molecule has 3 heterocycles. The summed E-state index contributed by atoms with van der Waals surface area (Å²) in [6.07, 6.45) is 0.904. The van der Waals surface area contributed by atoms with E-state index >= 15 is 0 Å². The lowest BCUT2D eigenvalue weighted by Gasteiger charge is -2.39. The number of para-hydroxylation sites is 1. The third-order valence-electron chi connectivity index (χ3n) is 7.13. The van der Waals surface area contributed by atoms with Crippen molar-refractivity contribution in [3.8, 4) is 5.75 Å². The van der Waals surface area contributed by atoms with Gasteiger partial charge in [0.2, 0.25) is 5.91 Å². The number of carbonyl (C=O) groups excluding carboxylic acids is 1. The molecule has 1 N–H and O–H groups in total. The van der Waals surface area contributed by atoms with Gasteiger partial charge in [-0.3, -0.25) is 14.6 Å². The minimum absolute atomic E-state index is 0.246. The Hall–Kier alpha value is -2.83. The number of aromatic nitrogens is 1. The second-order valence-electron chi connectivity index (χ2n) is 8.96. The van der Waals surface area contributed by atoms with Crippen LogP contribution in [0.4, 0.5) is 0 Å². The number of hydrogen-bond acceptors (Lipinski definition) is 4. The predicted octanol–water partition coefficient (Wildman–Crippen LogP) is 3.44. The van der Waals surface area contributed by atoms with Crippen LogP contribution in [0, 0.1) is 0 Å². The molecule has 3 aromatic rings. The zero-order chi connectivity index (χ0) is 22.1. The van der Waals surface area contributed by atoms with Crippen LogP contribution in [0.25, 0.3) is 10.9 Å². The zero-order valence-corrected chi connectivity index (χ0v) is 19.0. The lowest BCUT2D eigenvalue weighted by molar-refractivity contribution is -0.133. The van der Waals surface area contributed by atoms with E-state index in [0.717, 1.165) is 44.9 Å². The first-order valence-electron chi connectivity index (χ1n) is 11.6. The van der Waals surface area contributed by atoms with Gasteiger partial charge in [0.05, 0.1) is 13.7 Å². The SMILES string of the molecule is COc1cccc(C(C)N2CCN(CC(=O)N3CCc4[nH]c5ccccc5c4C3)CC2)c1. The van der Waals surface area contributed by atoms with Gasteiger partial charge >= 0.3 is 0 Å². The highest BCUT2D eigenvalue weighted by Crippen LogP contribution is 2.28. The Kier molecular flexibility index (Phi) is 5.89. The number of fused-ring (bicyclic) bond motifs is 3. The molecule has 2 aliphatic rings. The highest BCUT2D eigenvalue weighted by atomic mass is 16.5. The number of carbonyl (C=O) groups is 1. The van der Waals surface area contributed by atoms with E-state index in [1.807, 2.05) is 11.0 Å². The Morgan fingerprint density at radius 2 is 1.88 bits per heavy atom. The molecule has 0 radical (unpaired) electrons. The van der Waals surface area contributed by atoms with Crippen LogP contribution in [-0.2, 0) is 17.8 Å². The number of nitrogens with zero attached hydrogens (tertiary/aromatic N) is 3. The second-order valence-corrected chi connectivity index (χ2v) is 8.96. The highest BCUT2D eigenvalue weighted by Gasteiger charge is 2.27. The maximum Gasteiger partial charge on any atom is 0.237 e. The molecule has 2 aliphatic heterocycles. The van der Waals surface area contributed by atoms with Crippen molar-refractivity contribution in [2.75, 3.05) is 46.4 Å². The van der Waals surface area contributed by atoms with Gasteiger partial charge in [0.1, 0.15) is 5.75 Å². The number of benzene rings is 2. The molecule has 1 unspecified atom stereocenters. The van der Waals surface area contributed by atoms with E-state index in [4.69, 9.17) is 4.74 Å². The van der Waals surface area contributed by atoms with Gasteiger partial charge in [-0.2, -0.15) is 0 Å². The summed E-state index contributed by atoms with van der Waals surface area (Å²) < 4.78 is 5.38. The van der Waals surface area contributed by atoms with Gasteiger partial charge < -0.3 is 14.6 Å². The molecule has 0 saturated carbocycles. The topological polar surface area (TPSA) is 51.8 Å². The summed E-state index contributed by atoms with van der Waals surface area (Å²) in [6, 6.07) is 17.1. The number of methoxy groups -OCH3 is 1. The Morgan fingerprint density at radius 1 is 1.06 bits per heavy atom. The molecule has 1 atom stereocenters. The first-order valence-corrected chi connectivity index (χ1v) is 11.6. The fourth-order valence-corrected chi connectivity index (χ4v) is 5.09. The number of nitrogens with one attached hydrogen (secondary N) is 1. The molecule has 6 heteroatoms. The molecule has 1 amide bonds. The van der Waals surface area contributed by atoms with Gasteiger partial charge in [-0.25, -0.2) is 0 Å². The molecular weight excluding hydrogens is 400 g/mol. The molecule has 5 rings (SSSR count). The van der Waals surface area contributed by atoms with E-state index in [-0.39, 0.29) is 5.91 Å². The summed E-state index contributed by atoms with van der Waals surface area (Å²) >= 11 is 0. The van der Waals surface area contributed by atoms with Crippen molar-refractivity contribution < 1.29 is 9.53 Å². The molecule has 6 nitrogen and oxygen atoms in total. The lowest BCUT2D eigenvalue weighted by Crippen LogP contribution is -2.51. The molecule has 0 bridgehead atoms. The van der Waals surface area contributed by atoms with E-state index in [0.29, 0.717) is 19.1 Å². The van der Waals surface area contributed by atoms with Crippen LogP contribution in [0.15, 0.2) is 48.5 Å². The van der Waals surface area contributed by atoms with Crippen molar-refractivity contribution in [1.29, 1.82) is 0 Å². The van der Waals surface area contributed by atoms with E-state index in [1.54, 1.807) is 7.11 Å². The molecule has 2 aromatic carbocycles. The van der Waals surface area contributed by atoms with Crippen LogP contribution >= 0.6 is 0 Å². The number of amides is 1. The minimum atomic E-state index is 0.246. The van der Waals surface area contributed by atoms with Gasteiger partial charge in [-0.05, 0) is 30.7 Å². The molecule has 32 heavy (non-hydrogen) atoms. The molecule has 0 aliphatic carbocycles. The van der Waals surface area contributed by atoms with Crippen LogP contribution in [0.5, 0.6) is 5.75 Å². The summed E-state index contributed by atoms with van der Waals surface area (Å²) in [6.45, 7) is 8.06. The van der Waals surface area contributed by atoms with Crippen LogP contribution in [0.2, 0.25) is 0 Å². The number of hydrogen-bond donors (Lipinski definition) is 1. The van der Waals surface area contributed by atoms with E-state index < -0.39 is 0 Å². The van der Waals surface area contributed by atoms with Crippen molar-refractivity contribution in [3.05, 3.63) is 65.4 Å². The average Bonchev–Trinajstić information content (AvgIpc) is 3.22. The number of aromatic amines is 1. The second kappa shape index (κ2) is 8.96. The van der Waals surface area contributed by atoms with E-state index in [1.165, 1.54) is 27.7 Å². The number of piperazine rings is 1. The molecule has 0 spiro atoms. The van der Waals surface area contributed by atoms with Crippen LogP contribution < -0.4 is 4.74 Å². The third-order valence-corrected chi connectivity index (χ3v) is 7.13. The summed E-state index contributed by atoms with van der Waals surface area (Å²) in [4.78, 5) is 23.5. The molecular formula is C26H32N4O2. The number of rotatable bonds is 5. The van der Waals surface area contributed by atoms with Gasteiger partial charge in [-0.15, -0.1) is 0 Å². The van der Waals surface area contributed by atoms with Crippen molar-refractivity contribution in [3.63, 3.8) is 0 Å². The standard InChI is InChI=1S/C26H32N4O2/c1-19(20-6-5-7-21(16-20)32-2)29-14-12-28(13-15-29)18-26(31)30-11-10-25-23(17-30)22-8-3-4-9-24(22)27-25/h3-9,16,19,27H,10-15,17-18H2,1-2H3. The smallest absolute Gasteiger partial charge is 0.237 e. The van der Waals surface area contributed by atoms with E-state index in [2.05, 4.69) is 64.2 Å². The first kappa shape index (κ1) is 21.0. The Morgan fingerprint density at radius 3 is 2.69 bits per heavy atom. The Bertz CT molecular complexity index is 1100. The normalized spacial score (nSPS) is 18.5. The number of H-pyrrole nitrogens is 1. The highest BCUT2D eigenvalue weighted by molar-refractivity contribution is 5.86. The maximum absolute atomic E-state index is 13.1. The maximum atomic E-state index is 13.1. The van der Waals surface area contributed by atoms with Crippen LogP contribution in [0.3, 0.4) is 0 Å². The summed E-state index contributed by atoms with van der Waals surface area (Å²) in [5.41, 5.74) is 5.03. The number of ether oxygens (including phenoxy) is 1. The van der Waals surface area contributed by atoms with Gasteiger partial charge in [0.25, 0.3) is 0 Å². The quantitative estimate of drug-likeness (QED) is 0.671. The van der Waals surface area contributed by atoms with Gasteiger partial charge in [0, 0.05) is 73.9 Å². The lowest BCUT2D eigenvalue weighted by atomic mass is 10.0. The largest absolute Gasteiger partial charge is 0.497 e. The minimum Gasteiger partial charge on any atom is -0.497 e. The first-order chi connectivity index (χ1) is 15.6. The fourth-order valence-electron chi connectivity index (χ4n) is 5.09. The zero-order valence-electron chi connectivity index (χ0n) is 19.0. The van der Waals surface area contributed by atoms with Crippen molar-refractivity contribution in [2.45, 2.75) is 25.9 Å². The third kappa shape index (κ3) is 4.12. The van der Waals surface area contributed by atoms with Crippen molar-refractivity contribution >= 4 is 16.8 Å². The fraction of sp³-hybridized carbons (Fsp3) is 0.423. The van der Waals surface area contributed by atoms with Crippen LogP contribution in [0.1, 0.15) is 29.8 Å². The van der Waals surface area contributed by atoms with Crippen molar-refractivity contribution in [2.24, 2.45) is 0 Å². The molecule has 1 fully saturated rings. The monoisotopic (exact) mass is 432 g/mol. The summed E-state index contributed by atoms with van der Waals surface area (Å²) in [5, 5.41) is 1.25. The predicted molar refractivity (Wildman–Crippen MR) is 127 cm³/mol. The van der Waals surface area contributed by atoms with E-state index in [9.17, 15) is 4.79 Å². The van der Waals surface area contributed by atoms with Gasteiger partial charge in [-0.1, -0.05) is 30.3 Å². The molecule has 1 aromatic heterocycles. The summed E-state index contributed by atoms with van der Waals surface area (Å²) in [7, 11) is 1.71. The van der Waals surface area contributed by atoms with Crippen LogP contribution in [-0.4, -0.2) is 72.0 Å².